The van der Waals surface area contributed by atoms with Crippen molar-refractivity contribution in [1.29, 1.82) is 0 Å². The first kappa shape index (κ1) is 9.77. The fourth-order valence-electron chi connectivity index (χ4n) is 1.23. The number of hydrogen-bond acceptors (Lipinski definition) is 3. The lowest BCUT2D eigenvalue weighted by Gasteiger charge is -2.30. The van der Waals surface area contributed by atoms with Gasteiger partial charge >= 0.3 is 0 Å². The van der Waals surface area contributed by atoms with Crippen LogP contribution in [0.1, 0.15) is 20.8 Å². The van der Waals surface area contributed by atoms with Crippen LogP contribution in [0, 0.1) is 0 Å². The molecular weight excluding hydrogens is 170 g/mol. The van der Waals surface area contributed by atoms with Crippen LogP contribution in [-0.2, 0) is 9.59 Å². The summed E-state index contributed by atoms with van der Waals surface area (Å²) in [7, 11) is 0. The average molecular weight is 183 g/mol. The number of aliphatic hydroxyl groups is 1. The Balaban J connectivity index is 2.99. The quantitative estimate of drug-likeness (QED) is 0.340. The molecule has 1 saturated heterocycles. The van der Waals surface area contributed by atoms with Gasteiger partial charge in [0.25, 0.3) is 5.91 Å². The highest BCUT2D eigenvalue weighted by Crippen LogP contribution is 2.22. The van der Waals surface area contributed by atoms with E-state index in [1.54, 1.807) is 0 Å². The Hall–Kier alpha value is -1.32. The summed E-state index contributed by atoms with van der Waals surface area (Å²) < 4.78 is 0. The van der Waals surface area contributed by atoms with E-state index in [1.165, 1.54) is 4.90 Å². The van der Waals surface area contributed by atoms with E-state index in [1.807, 2.05) is 20.8 Å². The van der Waals surface area contributed by atoms with Crippen molar-refractivity contribution in [3.05, 3.63) is 11.8 Å². The number of amides is 1. The van der Waals surface area contributed by atoms with E-state index in [0.717, 1.165) is 0 Å². The summed E-state index contributed by atoms with van der Waals surface area (Å²) >= 11 is 0. The van der Waals surface area contributed by atoms with E-state index < -0.39 is 0 Å². The summed E-state index contributed by atoms with van der Waals surface area (Å²) in [4.78, 5) is 24.1. The number of Topliss-reactive ketones (excluding diaryl/α,β-unsaturated/α-hetero) is 1. The van der Waals surface area contributed by atoms with Gasteiger partial charge < -0.3 is 10.0 Å². The van der Waals surface area contributed by atoms with Crippen molar-refractivity contribution in [2.45, 2.75) is 26.3 Å². The molecule has 0 aromatic heterocycles. The lowest BCUT2D eigenvalue weighted by Crippen LogP contribution is -2.42. The SMILES string of the molecule is CC(C)(C)N1CC(=O)/C(=C/O)C1=O. The van der Waals surface area contributed by atoms with Gasteiger partial charge in [0.05, 0.1) is 12.8 Å². The van der Waals surface area contributed by atoms with Crippen LogP contribution in [0.15, 0.2) is 11.8 Å². The van der Waals surface area contributed by atoms with Gasteiger partial charge in [-0.3, -0.25) is 9.59 Å². The average Bonchev–Trinajstić information content (AvgIpc) is 2.25. The van der Waals surface area contributed by atoms with Crippen molar-refractivity contribution in [1.82, 2.24) is 4.90 Å². The number of nitrogens with zero attached hydrogens (tertiary/aromatic N) is 1. The Bertz CT molecular complexity index is 286. The molecule has 0 atom stereocenters. The van der Waals surface area contributed by atoms with Crippen molar-refractivity contribution in [2.75, 3.05) is 6.54 Å². The van der Waals surface area contributed by atoms with Crippen LogP contribution < -0.4 is 0 Å². The van der Waals surface area contributed by atoms with Gasteiger partial charge in [0, 0.05) is 5.54 Å². The van der Waals surface area contributed by atoms with Gasteiger partial charge in [0.1, 0.15) is 5.57 Å². The van der Waals surface area contributed by atoms with Gasteiger partial charge in [0.15, 0.2) is 5.78 Å². The predicted molar refractivity (Wildman–Crippen MR) is 47.2 cm³/mol. The van der Waals surface area contributed by atoms with Crippen molar-refractivity contribution in [3.8, 4) is 0 Å². The minimum atomic E-state index is -0.389. The largest absolute Gasteiger partial charge is 0.515 e. The third-order valence-electron chi connectivity index (χ3n) is 2.02. The Morgan fingerprint density at radius 3 is 2.15 bits per heavy atom. The third kappa shape index (κ3) is 1.56. The summed E-state index contributed by atoms with van der Waals surface area (Å²) in [5.74, 6) is -0.706. The van der Waals surface area contributed by atoms with Crippen LogP contribution in [0.3, 0.4) is 0 Å². The first-order valence-corrected chi connectivity index (χ1v) is 4.07. The first-order chi connectivity index (χ1) is 5.88. The van der Waals surface area contributed by atoms with Crippen LogP contribution in [0.2, 0.25) is 0 Å². The molecular formula is C9H13NO3. The molecule has 0 bridgehead atoms. The standard InChI is InChI=1S/C9H13NO3/c1-9(2,3)10-4-7(12)6(5-11)8(10)13/h5,11H,4H2,1-3H3/b6-5-. The Morgan fingerprint density at radius 1 is 1.38 bits per heavy atom. The number of rotatable bonds is 0. The Kier molecular flexibility index (Phi) is 2.15. The van der Waals surface area contributed by atoms with Gasteiger partial charge in [0.2, 0.25) is 0 Å². The van der Waals surface area contributed by atoms with Gasteiger partial charge in [-0.15, -0.1) is 0 Å². The molecule has 72 valence electrons. The lowest BCUT2D eigenvalue weighted by molar-refractivity contribution is -0.129. The van der Waals surface area contributed by atoms with Gasteiger partial charge in [-0.1, -0.05) is 0 Å². The molecule has 1 aliphatic heterocycles. The fraction of sp³-hybridized carbons (Fsp3) is 0.556. The van der Waals surface area contributed by atoms with Crippen LogP contribution in [0.4, 0.5) is 0 Å². The summed E-state index contributed by atoms with van der Waals surface area (Å²) in [5.41, 5.74) is -0.493. The molecule has 0 unspecified atom stereocenters. The molecule has 1 fully saturated rings. The maximum absolute atomic E-state index is 11.5. The summed E-state index contributed by atoms with van der Waals surface area (Å²) in [6.45, 7) is 5.60. The molecule has 0 aliphatic carbocycles. The minimum absolute atomic E-state index is 0.0642. The second-order valence-corrected chi connectivity index (χ2v) is 4.03. The molecule has 4 heteroatoms. The number of aliphatic hydroxyl groups excluding tert-OH is 1. The van der Waals surface area contributed by atoms with E-state index in [0.29, 0.717) is 6.26 Å². The summed E-state index contributed by atoms with van der Waals surface area (Å²) in [6, 6.07) is 0. The number of carbonyl (C=O) groups excluding carboxylic acids is 2. The van der Waals surface area contributed by atoms with E-state index in [9.17, 15) is 9.59 Å². The van der Waals surface area contributed by atoms with E-state index in [4.69, 9.17) is 5.11 Å². The monoisotopic (exact) mass is 183 g/mol. The number of carbonyl (C=O) groups is 2. The van der Waals surface area contributed by atoms with Crippen LogP contribution in [0.25, 0.3) is 0 Å². The van der Waals surface area contributed by atoms with E-state index in [-0.39, 0.29) is 29.3 Å². The second-order valence-electron chi connectivity index (χ2n) is 4.03. The van der Waals surface area contributed by atoms with Crippen LogP contribution in [-0.4, -0.2) is 33.8 Å². The normalized spacial score (nSPS) is 21.8. The van der Waals surface area contributed by atoms with Crippen LogP contribution in [0.5, 0.6) is 0 Å². The molecule has 1 heterocycles. The zero-order chi connectivity index (χ0) is 10.2. The number of likely N-dealkylation sites (tertiary alicyclic amines) is 1. The van der Waals surface area contributed by atoms with E-state index >= 15 is 0 Å². The Morgan fingerprint density at radius 2 is 1.92 bits per heavy atom. The molecule has 1 N–H and O–H groups in total. The fourth-order valence-corrected chi connectivity index (χ4v) is 1.23. The second kappa shape index (κ2) is 2.87. The highest BCUT2D eigenvalue weighted by molar-refractivity contribution is 6.24. The Labute approximate surface area is 76.8 Å². The molecule has 0 radical (unpaired) electrons. The van der Waals surface area contributed by atoms with Crippen molar-refractivity contribution in [2.24, 2.45) is 0 Å². The number of ketones is 1. The zero-order valence-electron chi connectivity index (χ0n) is 8.00. The van der Waals surface area contributed by atoms with Crippen molar-refractivity contribution in [3.63, 3.8) is 0 Å². The highest BCUT2D eigenvalue weighted by atomic mass is 16.2. The lowest BCUT2D eigenvalue weighted by atomic mass is 10.1. The van der Waals surface area contributed by atoms with Crippen LogP contribution >= 0.6 is 0 Å². The molecule has 0 aromatic rings. The van der Waals surface area contributed by atoms with E-state index in [2.05, 4.69) is 0 Å². The van der Waals surface area contributed by atoms with Gasteiger partial charge in [-0.25, -0.2) is 0 Å². The molecule has 0 aromatic carbocycles. The van der Waals surface area contributed by atoms with Crippen molar-refractivity contribution >= 4 is 11.7 Å². The molecule has 1 aliphatic rings. The summed E-state index contributed by atoms with van der Waals surface area (Å²) in [6.07, 6.45) is 0.594. The zero-order valence-corrected chi connectivity index (χ0v) is 8.00. The molecule has 1 rings (SSSR count). The first-order valence-electron chi connectivity index (χ1n) is 4.07. The smallest absolute Gasteiger partial charge is 0.261 e. The van der Waals surface area contributed by atoms with Gasteiger partial charge in [-0.2, -0.15) is 0 Å². The predicted octanol–water partition coefficient (Wildman–Crippen LogP) is 0.638. The molecule has 0 spiro atoms. The molecule has 0 saturated carbocycles. The summed E-state index contributed by atoms with van der Waals surface area (Å²) in [5, 5.41) is 8.66. The third-order valence-corrected chi connectivity index (χ3v) is 2.02. The maximum atomic E-state index is 11.5. The maximum Gasteiger partial charge on any atom is 0.261 e. The molecule has 13 heavy (non-hydrogen) atoms. The highest BCUT2D eigenvalue weighted by Gasteiger charge is 2.39. The van der Waals surface area contributed by atoms with Gasteiger partial charge in [-0.05, 0) is 20.8 Å². The van der Waals surface area contributed by atoms with Crippen molar-refractivity contribution < 1.29 is 14.7 Å². The number of hydrogen-bond donors (Lipinski definition) is 1. The molecule has 4 nitrogen and oxygen atoms in total. The molecule has 1 amide bonds. The minimum Gasteiger partial charge on any atom is -0.515 e. The topological polar surface area (TPSA) is 57.6 Å².